The van der Waals surface area contributed by atoms with E-state index in [2.05, 4.69) is 0 Å². The quantitative estimate of drug-likeness (QED) is 0.902. The van der Waals surface area contributed by atoms with E-state index in [1.165, 1.54) is 12.1 Å². The van der Waals surface area contributed by atoms with Crippen LogP contribution in [0.1, 0.15) is 24.2 Å². The highest BCUT2D eigenvalue weighted by Gasteiger charge is 2.09. The first-order valence-electron chi connectivity index (χ1n) is 6.33. The highest BCUT2D eigenvalue weighted by Crippen LogP contribution is 2.27. The van der Waals surface area contributed by atoms with Crippen molar-refractivity contribution < 1.29 is 19.0 Å². The van der Waals surface area contributed by atoms with Crippen molar-refractivity contribution in [3.05, 3.63) is 59.4 Å². The Bertz CT molecular complexity index is 582. The lowest BCUT2D eigenvalue weighted by Crippen LogP contribution is -1.95. The predicted molar refractivity (Wildman–Crippen MR) is 74.3 cm³/mol. The van der Waals surface area contributed by atoms with E-state index in [0.29, 0.717) is 17.9 Å². The van der Waals surface area contributed by atoms with Crippen LogP contribution in [0.2, 0.25) is 0 Å². The molecule has 0 radical (unpaired) electrons. The molecule has 3 nitrogen and oxygen atoms in total. The fourth-order valence-electron chi connectivity index (χ4n) is 1.85. The van der Waals surface area contributed by atoms with Crippen molar-refractivity contribution in [2.45, 2.75) is 19.6 Å². The van der Waals surface area contributed by atoms with E-state index in [9.17, 15) is 9.50 Å². The molecule has 0 saturated heterocycles. The topological polar surface area (TPSA) is 38.7 Å². The van der Waals surface area contributed by atoms with Crippen molar-refractivity contribution in [1.29, 1.82) is 0 Å². The molecule has 2 rings (SSSR count). The molecule has 0 amide bonds. The van der Waals surface area contributed by atoms with Crippen molar-refractivity contribution in [2.24, 2.45) is 0 Å². The average molecular weight is 276 g/mol. The Morgan fingerprint density at radius 3 is 2.65 bits per heavy atom. The van der Waals surface area contributed by atoms with Crippen LogP contribution in [-0.4, -0.2) is 12.2 Å². The van der Waals surface area contributed by atoms with Crippen LogP contribution in [0, 0.1) is 5.82 Å². The fourth-order valence-corrected chi connectivity index (χ4v) is 1.85. The molecule has 1 N–H and O–H groups in total. The minimum atomic E-state index is -0.705. The van der Waals surface area contributed by atoms with Gasteiger partial charge in [0.2, 0.25) is 0 Å². The first-order chi connectivity index (χ1) is 9.60. The van der Waals surface area contributed by atoms with E-state index < -0.39 is 11.9 Å². The van der Waals surface area contributed by atoms with E-state index in [4.69, 9.17) is 9.47 Å². The first-order valence-corrected chi connectivity index (χ1v) is 6.33. The van der Waals surface area contributed by atoms with Crippen LogP contribution in [0.4, 0.5) is 4.39 Å². The Labute approximate surface area is 117 Å². The number of hydrogen-bond donors (Lipinski definition) is 1. The summed E-state index contributed by atoms with van der Waals surface area (Å²) in [5.41, 5.74) is 1.47. The van der Waals surface area contributed by atoms with Crippen LogP contribution in [-0.2, 0) is 11.3 Å². The van der Waals surface area contributed by atoms with Gasteiger partial charge in [-0.2, -0.15) is 0 Å². The molecular weight excluding hydrogens is 259 g/mol. The summed E-state index contributed by atoms with van der Waals surface area (Å²) in [7, 11) is 1.61. The van der Waals surface area contributed by atoms with Crippen molar-refractivity contribution in [1.82, 2.24) is 0 Å². The second kappa shape index (κ2) is 6.50. The summed E-state index contributed by atoms with van der Waals surface area (Å²) in [5.74, 6) is 0.174. The minimum absolute atomic E-state index is 0.129. The molecule has 0 aromatic heterocycles. The van der Waals surface area contributed by atoms with Crippen molar-refractivity contribution in [3.63, 3.8) is 0 Å². The Balaban J connectivity index is 2.19. The molecule has 2 aromatic carbocycles. The lowest BCUT2D eigenvalue weighted by atomic mass is 10.1. The van der Waals surface area contributed by atoms with Gasteiger partial charge in [0, 0.05) is 7.11 Å². The molecule has 0 aliphatic carbocycles. The molecule has 1 unspecified atom stereocenters. The van der Waals surface area contributed by atoms with E-state index in [0.717, 1.165) is 5.56 Å². The Kier molecular flexibility index (Phi) is 4.71. The van der Waals surface area contributed by atoms with Gasteiger partial charge in [-0.3, -0.25) is 0 Å². The maximum Gasteiger partial charge on any atom is 0.166 e. The third-order valence-corrected chi connectivity index (χ3v) is 2.88. The second-order valence-corrected chi connectivity index (χ2v) is 4.55. The summed E-state index contributed by atoms with van der Waals surface area (Å²) < 4.78 is 24.4. The van der Waals surface area contributed by atoms with Crippen LogP contribution < -0.4 is 4.74 Å². The molecule has 20 heavy (non-hydrogen) atoms. The lowest BCUT2D eigenvalue weighted by Gasteiger charge is -2.10. The van der Waals surface area contributed by atoms with Crippen LogP contribution in [0.25, 0.3) is 0 Å². The highest BCUT2D eigenvalue weighted by molar-refractivity contribution is 5.36. The van der Waals surface area contributed by atoms with Gasteiger partial charge < -0.3 is 14.6 Å². The van der Waals surface area contributed by atoms with Gasteiger partial charge in [-0.1, -0.05) is 18.2 Å². The first kappa shape index (κ1) is 14.5. The van der Waals surface area contributed by atoms with Gasteiger partial charge >= 0.3 is 0 Å². The molecule has 0 spiro atoms. The van der Waals surface area contributed by atoms with Gasteiger partial charge in [-0.15, -0.1) is 0 Å². The number of halogens is 1. The summed E-state index contributed by atoms with van der Waals surface area (Å²) in [6.07, 6.45) is -0.705. The van der Waals surface area contributed by atoms with Gasteiger partial charge in [-0.05, 0) is 42.3 Å². The minimum Gasteiger partial charge on any atom is -0.454 e. The summed E-state index contributed by atoms with van der Waals surface area (Å²) in [4.78, 5) is 0. The number of hydrogen-bond acceptors (Lipinski definition) is 3. The maximum atomic E-state index is 13.9. The Morgan fingerprint density at radius 1 is 1.20 bits per heavy atom. The molecule has 1 atom stereocenters. The third-order valence-electron chi connectivity index (χ3n) is 2.88. The van der Waals surface area contributed by atoms with Crippen LogP contribution in [0.5, 0.6) is 11.5 Å². The Hall–Kier alpha value is -1.91. The van der Waals surface area contributed by atoms with Crippen molar-refractivity contribution in [3.8, 4) is 11.5 Å². The van der Waals surface area contributed by atoms with Gasteiger partial charge in [0.1, 0.15) is 5.75 Å². The number of benzene rings is 2. The van der Waals surface area contributed by atoms with E-state index in [-0.39, 0.29) is 5.75 Å². The van der Waals surface area contributed by atoms with E-state index in [1.54, 1.807) is 32.2 Å². The molecule has 0 bridgehead atoms. The zero-order valence-corrected chi connectivity index (χ0v) is 11.5. The third kappa shape index (κ3) is 3.56. The number of ether oxygens (including phenoxy) is 2. The zero-order valence-electron chi connectivity index (χ0n) is 11.5. The molecule has 2 aromatic rings. The maximum absolute atomic E-state index is 13.9. The van der Waals surface area contributed by atoms with Gasteiger partial charge in [0.05, 0.1) is 12.7 Å². The van der Waals surface area contributed by atoms with Gasteiger partial charge in [-0.25, -0.2) is 4.39 Å². The number of aliphatic hydroxyl groups is 1. The number of methoxy groups -OCH3 is 1. The smallest absolute Gasteiger partial charge is 0.166 e. The normalized spacial score (nSPS) is 12.2. The average Bonchev–Trinajstić information content (AvgIpc) is 2.42. The molecule has 0 aliphatic rings. The lowest BCUT2D eigenvalue weighted by molar-refractivity contribution is 0.184. The SMILES string of the molecule is COCc1cccc(Oc2ccc(C(C)O)cc2F)c1. The van der Waals surface area contributed by atoms with Crippen molar-refractivity contribution >= 4 is 0 Å². The monoisotopic (exact) mass is 276 g/mol. The number of rotatable bonds is 5. The van der Waals surface area contributed by atoms with E-state index in [1.807, 2.05) is 12.1 Å². The molecule has 106 valence electrons. The van der Waals surface area contributed by atoms with Crippen LogP contribution >= 0.6 is 0 Å². The highest BCUT2D eigenvalue weighted by atomic mass is 19.1. The number of aliphatic hydroxyl groups excluding tert-OH is 1. The summed E-state index contributed by atoms with van der Waals surface area (Å²) >= 11 is 0. The standard InChI is InChI=1S/C16H17FO3/c1-11(18)13-6-7-16(15(17)9-13)20-14-5-3-4-12(8-14)10-19-2/h3-9,11,18H,10H2,1-2H3. The predicted octanol–water partition coefficient (Wildman–Crippen LogP) is 3.82. The van der Waals surface area contributed by atoms with Crippen molar-refractivity contribution in [2.75, 3.05) is 7.11 Å². The molecule has 0 heterocycles. The molecule has 4 heteroatoms. The van der Waals surface area contributed by atoms with Gasteiger partial charge in [0.25, 0.3) is 0 Å². The fraction of sp³-hybridized carbons (Fsp3) is 0.250. The summed E-state index contributed by atoms with van der Waals surface area (Å²) in [6, 6.07) is 11.7. The molecular formula is C16H17FO3. The Morgan fingerprint density at radius 2 is 2.00 bits per heavy atom. The summed E-state index contributed by atoms with van der Waals surface area (Å²) in [5, 5.41) is 9.40. The van der Waals surface area contributed by atoms with Gasteiger partial charge in [0.15, 0.2) is 11.6 Å². The molecule has 0 fully saturated rings. The summed E-state index contributed by atoms with van der Waals surface area (Å²) in [6.45, 7) is 2.06. The molecule has 0 aliphatic heterocycles. The largest absolute Gasteiger partial charge is 0.454 e. The second-order valence-electron chi connectivity index (χ2n) is 4.55. The van der Waals surface area contributed by atoms with E-state index >= 15 is 0 Å². The molecule has 0 saturated carbocycles. The zero-order chi connectivity index (χ0) is 14.5. The van der Waals surface area contributed by atoms with Crippen LogP contribution in [0.3, 0.4) is 0 Å². The van der Waals surface area contributed by atoms with Crippen LogP contribution in [0.15, 0.2) is 42.5 Å².